The second-order valence-electron chi connectivity index (χ2n) is 4.97. The van der Waals surface area contributed by atoms with Crippen LogP contribution in [0.25, 0.3) is 11.0 Å². The molecule has 0 saturated carbocycles. The van der Waals surface area contributed by atoms with Crippen LogP contribution in [0, 0.1) is 0 Å². The van der Waals surface area contributed by atoms with Crippen molar-refractivity contribution >= 4 is 51.9 Å². The van der Waals surface area contributed by atoms with E-state index >= 15 is 0 Å². The molecule has 0 aliphatic heterocycles. The van der Waals surface area contributed by atoms with Gasteiger partial charge in [-0.1, -0.05) is 41.4 Å². The van der Waals surface area contributed by atoms with Crippen LogP contribution in [-0.2, 0) is 0 Å². The lowest BCUT2D eigenvalue weighted by Gasteiger charge is -2.07. The molecule has 0 bridgehead atoms. The molecule has 3 rings (SSSR count). The highest BCUT2D eigenvalue weighted by atomic mass is 35.5. The van der Waals surface area contributed by atoms with Crippen molar-refractivity contribution in [3.63, 3.8) is 0 Å². The van der Waals surface area contributed by atoms with Gasteiger partial charge in [-0.3, -0.25) is 14.9 Å². The zero-order valence-corrected chi connectivity index (χ0v) is 14.0. The predicted octanol–water partition coefficient (Wildman–Crippen LogP) is 3.19. The molecule has 0 atom stereocenters. The first kappa shape index (κ1) is 16.9. The molecule has 2 aromatic carbocycles. The number of urea groups is 1. The number of rotatable bonds is 2. The number of imide groups is 1. The number of aromatic amines is 1. The van der Waals surface area contributed by atoms with E-state index in [1.807, 2.05) is 5.32 Å². The monoisotopic (exact) mass is 376 g/mol. The summed E-state index contributed by atoms with van der Waals surface area (Å²) in [6.45, 7) is 0. The third kappa shape index (κ3) is 3.78. The Bertz CT molecular complexity index is 1030. The Kier molecular flexibility index (Phi) is 4.69. The van der Waals surface area contributed by atoms with Gasteiger partial charge in [0.1, 0.15) is 0 Å². The first-order chi connectivity index (χ1) is 11.9. The van der Waals surface area contributed by atoms with Gasteiger partial charge >= 0.3 is 6.03 Å². The molecule has 0 aliphatic rings. The van der Waals surface area contributed by atoms with E-state index in [2.05, 4.69) is 15.3 Å². The number of halogens is 2. The maximum Gasteiger partial charge on any atom is 0.326 e. The maximum atomic E-state index is 12.1. The summed E-state index contributed by atoms with van der Waals surface area (Å²) in [6.07, 6.45) is 0. The van der Waals surface area contributed by atoms with Gasteiger partial charge in [0, 0.05) is 5.69 Å². The van der Waals surface area contributed by atoms with Crippen LogP contribution in [0.1, 0.15) is 10.5 Å². The number of H-pyrrole nitrogens is 1. The molecule has 9 heteroatoms. The lowest BCUT2D eigenvalue weighted by Crippen LogP contribution is -2.38. The van der Waals surface area contributed by atoms with E-state index in [1.165, 1.54) is 12.1 Å². The summed E-state index contributed by atoms with van der Waals surface area (Å²) in [5.41, 5.74) is -0.132. The van der Waals surface area contributed by atoms with Gasteiger partial charge < -0.3 is 10.3 Å². The third-order valence-electron chi connectivity index (χ3n) is 3.21. The number of fused-ring (bicyclic) bond motifs is 1. The van der Waals surface area contributed by atoms with Crippen LogP contribution >= 0.6 is 23.2 Å². The fraction of sp³-hybridized carbons (Fsp3) is 0. The summed E-state index contributed by atoms with van der Waals surface area (Å²) in [7, 11) is 0. The van der Waals surface area contributed by atoms with Crippen LogP contribution in [0.2, 0.25) is 10.0 Å². The van der Waals surface area contributed by atoms with Crippen molar-refractivity contribution in [2.75, 3.05) is 5.32 Å². The Morgan fingerprint density at radius 2 is 1.72 bits per heavy atom. The highest BCUT2D eigenvalue weighted by Gasteiger charge is 2.17. The Balaban J connectivity index is 1.84. The molecule has 0 fully saturated rings. The molecule has 3 amide bonds. The number of amides is 3. The molecular weight excluding hydrogens is 367 g/mol. The van der Waals surface area contributed by atoms with E-state index in [0.717, 1.165) is 0 Å². The number of carbonyl (C=O) groups excluding carboxylic acids is 2. The van der Waals surface area contributed by atoms with Gasteiger partial charge in [-0.05, 0) is 24.3 Å². The smallest absolute Gasteiger partial charge is 0.319 e. The average Bonchev–Trinajstić information content (AvgIpc) is 2.56. The van der Waals surface area contributed by atoms with Gasteiger partial charge in [-0.15, -0.1) is 0 Å². The summed E-state index contributed by atoms with van der Waals surface area (Å²) in [6, 6.07) is 10.6. The fourth-order valence-electron chi connectivity index (χ4n) is 2.08. The number of nitrogens with zero attached hydrogens (tertiary/aromatic N) is 1. The van der Waals surface area contributed by atoms with E-state index < -0.39 is 23.2 Å². The van der Waals surface area contributed by atoms with Gasteiger partial charge in [0.15, 0.2) is 5.69 Å². The molecule has 3 N–H and O–H groups in total. The highest BCUT2D eigenvalue weighted by Crippen LogP contribution is 2.25. The topological polar surface area (TPSA) is 104 Å². The van der Waals surface area contributed by atoms with Crippen LogP contribution in [0.3, 0.4) is 0 Å². The zero-order valence-electron chi connectivity index (χ0n) is 12.5. The van der Waals surface area contributed by atoms with Crippen LogP contribution in [0.5, 0.6) is 0 Å². The molecule has 3 aromatic rings. The number of aromatic nitrogens is 2. The number of anilines is 1. The Morgan fingerprint density at radius 1 is 1.04 bits per heavy atom. The molecule has 0 spiro atoms. The van der Waals surface area contributed by atoms with Crippen molar-refractivity contribution in [3.8, 4) is 0 Å². The molecule has 0 saturated heterocycles. The fourth-order valence-corrected chi connectivity index (χ4v) is 2.40. The van der Waals surface area contributed by atoms with E-state index in [4.69, 9.17) is 23.2 Å². The SMILES string of the molecule is O=C(NC(=O)c1nc2cc(Cl)c(Cl)cc2[nH]c1=O)Nc1ccccc1. The number of nitrogens with one attached hydrogen (secondary N) is 3. The zero-order chi connectivity index (χ0) is 18.0. The summed E-state index contributed by atoms with van der Waals surface area (Å²) in [5, 5.41) is 4.98. The van der Waals surface area contributed by atoms with E-state index in [1.54, 1.807) is 30.3 Å². The van der Waals surface area contributed by atoms with Gasteiger partial charge in [-0.25, -0.2) is 9.78 Å². The van der Waals surface area contributed by atoms with Crippen molar-refractivity contribution in [1.82, 2.24) is 15.3 Å². The second kappa shape index (κ2) is 6.92. The van der Waals surface area contributed by atoms with Gasteiger partial charge in [0.2, 0.25) is 0 Å². The van der Waals surface area contributed by atoms with E-state index in [0.29, 0.717) is 11.2 Å². The van der Waals surface area contributed by atoms with Gasteiger partial charge in [0.25, 0.3) is 11.5 Å². The highest BCUT2D eigenvalue weighted by molar-refractivity contribution is 6.42. The third-order valence-corrected chi connectivity index (χ3v) is 3.93. The normalized spacial score (nSPS) is 10.5. The van der Waals surface area contributed by atoms with Gasteiger partial charge in [0.05, 0.1) is 21.1 Å². The minimum atomic E-state index is -0.942. The summed E-state index contributed by atoms with van der Waals surface area (Å²) < 4.78 is 0. The van der Waals surface area contributed by atoms with Crippen LogP contribution < -0.4 is 16.2 Å². The molecule has 25 heavy (non-hydrogen) atoms. The molecule has 126 valence electrons. The van der Waals surface area contributed by atoms with Crippen molar-refractivity contribution in [2.24, 2.45) is 0 Å². The minimum Gasteiger partial charge on any atom is -0.319 e. The van der Waals surface area contributed by atoms with Crippen molar-refractivity contribution in [3.05, 3.63) is 68.6 Å². The van der Waals surface area contributed by atoms with Crippen molar-refractivity contribution in [1.29, 1.82) is 0 Å². The molecule has 7 nitrogen and oxygen atoms in total. The standard InChI is InChI=1S/C16H10Cl2N4O3/c17-9-6-11-12(7-10(9)18)21-14(23)13(20-11)15(24)22-16(25)19-8-4-2-1-3-5-8/h1-7H,(H,21,23)(H2,19,22,24,25). The number of para-hydroxylation sites is 1. The lowest BCUT2D eigenvalue weighted by atomic mass is 10.3. The van der Waals surface area contributed by atoms with Gasteiger partial charge in [-0.2, -0.15) is 0 Å². The summed E-state index contributed by atoms with van der Waals surface area (Å²) in [4.78, 5) is 42.5. The molecule has 1 aromatic heterocycles. The average molecular weight is 377 g/mol. The largest absolute Gasteiger partial charge is 0.326 e. The predicted molar refractivity (Wildman–Crippen MR) is 95.3 cm³/mol. The van der Waals surface area contributed by atoms with Crippen molar-refractivity contribution in [2.45, 2.75) is 0 Å². The lowest BCUT2D eigenvalue weighted by molar-refractivity contribution is 0.0961. The number of hydrogen-bond donors (Lipinski definition) is 3. The van der Waals surface area contributed by atoms with E-state index in [9.17, 15) is 14.4 Å². The summed E-state index contributed by atoms with van der Waals surface area (Å²) in [5.74, 6) is -0.942. The second-order valence-corrected chi connectivity index (χ2v) is 5.79. The molecule has 0 radical (unpaired) electrons. The molecular formula is C16H10Cl2N4O3. The van der Waals surface area contributed by atoms with Crippen LogP contribution in [-0.4, -0.2) is 21.9 Å². The number of benzene rings is 2. The molecule has 0 aliphatic carbocycles. The van der Waals surface area contributed by atoms with Crippen LogP contribution in [0.15, 0.2) is 47.3 Å². The van der Waals surface area contributed by atoms with E-state index in [-0.39, 0.29) is 15.6 Å². The Labute approximate surface area is 151 Å². The quantitative estimate of drug-likeness (QED) is 0.638. The Hall–Kier alpha value is -2.90. The number of carbonyl (C=O) groups is 2. The van der Waals surface area contributed by atoms with Crippen molar-refractivity contribution < 1.29 is 9.59 Å². The maximum absolute atomic E-state index is 12.1. The summed E-state index contributed by atoms with van der Waals surface area (Å²) >= 11 is 11.8. The molecule has 0 unspecified atom stereocenters. The Morgan fingerprint density at radius 3 is 2.44 bits per heavy atom. The molecule has 1 heterocycles. The van der Waals surface area contributed by atoms with Crippen LogP contribution in [0.4, 0.5) is 10.5 Å². The minimum absolute atomic E-state index is 0.224. The first-order valence-electron chi connectivity index (χ1n) is 7.00. The number of hydrogen-bond acceptors (Lipinski definition) is 4. The first-order valence-corrected chi connectivity index (χ1v) is 7.76.